The Morgan fingerprint density at radius 2 is 1.94 bits per heavy atom. The summed E-state index contributed by atoms with van der Waals surface area (Å²) in [7, 11) is 0. The van der Waals surface area contributed by atoms with Gasteiger partial charge in [-0.1, -0.05) is 30.3 Å². The molecule has 1 fully saturated rings. The van der Waals surface area contributed by atoms with Gasteiger partial charge in [0.1, 0.15) is 5.69 Å². The fourth-order valence-electron chi connectivity index (χ4n) is 4.32. The van der Waals surface area contributed by atoms with E-state index in [2.05, 4.69) is 49.7 Å². The number of likely N-dealkylation sites (tertiary alicyclic amines) is 1. The maximum atomic E-state index is 13.0. The van der Waals surface area contributed by atoms with E-state index in [1.807, 2.05) is 36.4 Å². The first kappa shape index (κ1) is 19.5. The average molecular weight is 412 g/mol. The predicted molar refractivity (Wildman–Crippen MR) is 122 cm³/mol. The molecule has 0 bridgehead atoms. The highest BCUT2D eigenvalue weighted by atomic mass is 16.1. The van der Waals surface area contributed by atoms with Gasteiger partial charge in [0, 0.05) is 42.1 Å². The minimum absolute atomic E-state index is 0.00261. The van der Waals surface area contributed by atoms with Gasteiger partial charge in [-0.2, -0.15) is 5.10 Å². The molecule has 0 saturated carbocycles. The van der Waals surface area contributed by atoms with Gasteiger partial charge in [0.15, 0.2) is 0 Å². The second-order valence-electron chi connectivity index (χ2n) is 8.12. The highest BCUT2D eigenvalue weighted by Crippen LogP contribution is 2.28. The molecule has 1 atom stereocenters. The van der Waals surface area contributed by atoms with Crippen LogP contribution in [0.15, 0.2) is 73.1 Å². The molecule has 3 heterocycles. The lowest BCUT2D eigenvalue weighted by Crippen LogP contribution is -2.40. The van der Waals surface area contributed by atoms with Gasteiger partial charge in [0.25, 0.3) is 0 Å². The smallest absolute Gasteiger partial charge is 0.228 e. The minimum Gasteiger partial charge on any atom is -0.326 e. The molecule has 4 aromatic rings. The number of aromatic nitrogens is 3. The highest BCUT2D eigenvalue weighted by molar-refractivity contribution is 5.99. The Hall–Kier alpha value is -3.51. The number of H-pyrrole nitrogens is 1. The van der Waals surface area contributed by atoms with Crippen LogP contribution in [0.25, 0.3) is 22.2 Å². The molecule has 1 unspecified atom stereocenters. The Bertz CT molecular complexity index is 1170. The number of fused-ring (bicyclic) bond motifs is 1. The second-order valence-corrected chi connectivity index (χ2v) is 8.12. The molecule has 6 heteroatoms. The Labute approximate surface area is 181 Å². The highest BCUT2D eigenvalue weighted by Gasteiger charge is 2.26. The van der Waals surface area contributed by atoms with Crippen molar-refractivity contribution >= 4 is 22.5 Å². The van der Waals surface area contributed by atoms with Gasteiger partial charge in [0.05, 0.1) is 11.4 Å². The summed E-state index contributed by atoms with van der Waals surface area (Å²) in [5, 5.41) is 11.6. The van der Waals surface area contributed by atoms with Crippen molar-refractivity contribution in [1.82, 2.24) is 20.1 Å². The summed E-state index contributed by atoms with van der Waals surface area (Å²) < 4.78 is 0. The number of pyridine rings is 1. The molecule has 31 heavy (non-hydrogen) atoms. The molecule has 5 rings (SSSR count). The maximum absolute atomic E-state index is 13.0. The SMILES string of the molecule is O=C(Nc1ccc2[nH]nc(-c3ccncc3)c2c1)C1CCCN(Cc2ccccc2)C1. The first-order valence-electron chi connectivity index (χ1n) is 10.7. The van der Waals surface area contributed by atoms with Gasteiger partial charge in [-0.15, -0.1) is 0 Å². The third-order valence-corrected chi connectivity index (χ3v) is 5.91. The van der Waals surface area contributed by atoms with E-state index in [-0.39, 0.29) is 11.8 Å². The Morgan fingerprint density at radius 1 is 1.10 bits per heavy atom. The number of nitrogens with one attached hydrogen (secondary N) is 2. The zero-order valence-electron chi connectivity index (χ0n) is 17.3. The van der Waals surface area contributed by atoms with E-state index < -0.39 is 0 Å². The lowest BCUT2D eigenvalue weighted by atomic mass is 9.96. The predicted octanol–water partition coefficient (Wildman–Crippen LogP) is 4.48. The van der Waals surface area contributed by atoms with Crippen molar-refractivity contribution in [3.63, 3.8) is 0 Å². The monoisotopic (exact) mass is 411 g/mol. The Balaban J connectivity index is 1.29. The Morgan fingerprint density at radius 3 is 2.77 bits per heavy atom. The van der Waals surface area contributed by atoms with Gasteiger partial charge < -0.3 is 5.32 Å². The van der Waals surface area contributed by atoms with Crippen LogP contribution >= 0.6 is 0 Å². The van der Waals surface area contributed by atoms with Gasteiger partial charge in [-0.3, -0.25) is 19.8 Å². The average Bonchev–Trinajstić information content (AvgIpc) is 3.24. The Kier molecular flexibility index (Phi) is 5.46. The number of carbonyl (C=O) groups is 1. The van der Waals surface area contributed by atoms with E-state index in [9.17, 15) is 4.79 Å². The molecule has 2 aromatic carbocycles. The van der Waals surface area contributed by atoms with E-state index in [1.54, 1.807) is 12.4 Å². The molecule has 0 aliphatic carbocycles. The molecule has 1 amide bonds. The van der Waals surface area contributed by atoms with Crippen molar-refractivity contribution in [2.24, 2.45) is 5.92 Å². The number of aromatic amines is 1. The van der Waals surface area contributed by atoms with Crippen molar-refractivity contribution < 1.29 is 4.79 Å². The third kappa shape index (κ3) is 4.34. The molecular weight excluding hydrogens is 386 g/mol. The number of hydrogen-bond acceptors (Lipinski definition) is 4. The van der Waals surface area contributed by atoms with Crippen LogP contribution in [0.4, 0.5) is 5.69 Å². The van der Waals surface area contributed by atoms with Crippen LogP contribution in [0.5, 0.6) is 0 Å². The van der Waals surface area contributed by atoms with Crippen molar-refractivity contribution in [2.75, 3.05) is 18.4 Å². The van der Waals surface area contributed by atoms with Crippen molar-refractivity contribution in [2.45, 2.75) is 19.4 Å². The molecule has 0 radical (unpaired) electrons. The van der Waals surface area contributed by atoms with E-state index >= 15 is 0 Å². The van der Waals surface area contributed by atoms with Crippen LogP contribution in [-0.4, -0.2) is 39.1 Å². The van der Waals surface area contributed by atoms with Crippen molar-refractivity contribution in [1.29, 1.82) is 0 Å². The van der Waals surface area contributed by atoms with Gasteiger partial charge in [-0.05, 0) is 55.3 Å². The number of nitrogens with zero attached hydrogens (tertiary/aromatic N) is 3. The molecule has 1 aliphatic heterocycles. The molecular formula is C25H25N5O. The number of piperidine rings is 1. The number of rotatable bonds is 5. The number of benzene rings is 2. The van der Waals surface area contributed by atoms with Crippen LogP contribution in [0, 0.1) is 5.92 Å². The van der Waals surface area contributed by atoms with E-state index in [4.69, 9.17) is 0 Å². The van der Waals surface area contributed by atoms with E-state index in [0.29, 0.717) is 0 Å². The lowest BCUT2D eigenvalue weighted by Gasteiger charge is -2.32. The summed E-state index contributed by atoms with van der Waals surface area (Å²) in [6.07, 6.45) is 5.47. The number of amides is 1. The van der Waals surface area contributed by atoms with Crippen LogP contribution < -0.4 is 5.32 Å². The van der Waals surface area contributed by atoms with Crippen LogP contribution in [0.2, 0.25) is 0 Å². The molecule has 1 saturated heterocycles. The summed E-state index contributed by atoms with van der Waals surface area (Å²) >= 11 is 0. The summed E-state index contributed by atoms with van der Waals surface area (Å²) in [5.41, 5.74) is 4.89. The largest absolute Gasteiger partial charge is 0.326 e. The molecule has 1 aliphatic rings. The lowest BCUT2D eigenvalue weighted by molar-refractivity contribution is -0.121. The number of carbonyl (C=O) groups excluding carboxylic acids is 1. The van der Waals surface area contributed by atoms with E-state index in [0.717, 1.165) is 60.3 Å². The van der Waals surface area contributed by atoms with Gasteiger partial charge in [-0.25, -0.2) is 0 Å². The zero-order valence-corrected chi connectivity index (χ0v) is 17.3. The maximum Gasteiger partial charge on any atom is 0.228 e. The molecule has 2 aromatic heterocycles. The van der Waals surface area contributed by atoms with Crippen LogP contribution in [0.3, 0.4) is 0 Å². The zero-order chi connectivity index (χ0) is 21.0. The topological polar surface area (TPSA) is 73.9 Å². The van der Waals surface area contributed by atoms with Crippen molar-refractivity contribution in [3.05, 3.63) is 78.6 Å². The number of hydrogen-bond donors (Lipinski definition) is 2. The molecule has 2 N–H and O–H groups in total. The quantitative estimate of drug-likeness (QED) is 0.508. The van der Waals surface area contributed by atoms with Crippen molar-refractivity contribution in [3.8, 4) is 11.3 Å². The first-order chi connectivity index (χ1) is 15.3. The first-order valence-corrected chi connectivity index (χ1v) is 10.7. The summed E-state index contributed by atoms with van der Waals surface area (Å²) in [5.74, 6) is 0.0863. The van der Waals surface area contributed by atoms with Gasteiger partial charge in [0.2, 0.25) is 5.91 Å². The van der Waals surface area contributed by atoms with Crippen LogP contribution in [0.1, 0.15) is 18.4 Å². The second kappa shape index (κ2) is 8.70. The summed E-state index contributed by atoms with van der Waals surface area (Å²) in [6.45, 7) is 2.72. The summed E-state index contributed by atoms with van der Waals surface area (Å²) in [4.78, 5) is 19.5. The minimum atomic E-state index is -0.00261. The third-order valence-electron chi connectivity index (χ3n) is 5.91. The molecule has 0 spiro atoms. The standard InChI is InChI=1S/C25H25N5O/c31-25(20-7-4-14-30(17-20)16-18-5-2-1-3-6-18)27-21-8-9-23-22(15-21)24(29-28-23)19-10-12-26-13-11-19/h1-3,5-6,8-13,15,20H,4,7,14,16-17H2,(H,27,31)(H,28,29). The molecule has 6 nitrogen and oxygen atoms in total. The number of anilines is 1. The fourth-order valence-corrected chi connectivity index (χ4v) is 4.32. The molecule has 156 valence electrons. The normalized spacial score (nSPS) is 17.0. The van der Waals surface area contributed by atoms with Gasteiger partial charge >= 0.3 is 0 Å². The van der Waals surface area contributed by atoms with Crippen LogP contribution in [-0.2, 0) is 11.3 Å². The van der Waals surface area contributed by atoms with E-state index in [1.165, 1.54) is 5.56 Å². The summed E-state index contributed by atoms with van der Waals surface area (Å²) in [6, 6.07) is 20.2. The fraction of sp³-hybridized carbons (Fsp3) is 0.240.